The molecule has 1 aliphatic heterocycles. The Morgan fingerprint density at radius 1 is 1.47 bits per heavy atom. The fraction of sp³-hybridized carbons (Fsp3) is 0.500. The molecule has 0 spiro atoms. The summed E-state index contributed by atoms with van der Waals surface area (Å²) in [6.45, 7) is 4.29. The molecule has 0 bridgehead atoms. The van der Waals surface area contributed by atoms with Crippen molar-refractivity contribution in [3.8, 4) is 0 Å². The monoisotopic (exact) mass is 265 g/mol. The zero-order valence-electron chi connectivity index (χ0n) is 11.1. The average Bonchev–Trinajstić information content (AvgIpc) is 2.70. The minimum Gasteiger partial charge on any atom is -0.480 e. The van der Waals surface area contributed by atoms with Gasteiger partial charge in [0.05, 0.1) is 6.61 Å². The van der Waals surface area contributed by atoms with Gasteiger partial charge in [0.2, 0.25) is 0 Å². The van der Waals surface area contributed by atoms with Crippen LogP contribution in [0.25, 0.3) is 0 Å². The molecule has 104 valence electrons. The van der Waals surface area contributed by atoms with Gasteiger partial charge in [-0.25, -0.2) is 0 Å². The van der Waals surface area contributed by atoms with Crippen molar-refractivity contribution in [2.24, 2.45) is 5.73 Å². The Kier molecular flexibility index (Phi) is 3.89. The van der Waals surface area contributed by atoms with E-state index in [2.05, 4.69) is 0 Å². The number of hydrogen-bond donors (Lipinski definition) is 2. The van der Waals surface area contributed by atoms with Gasteiger partial charge in [-0.1, -0.05) is 24.3 Å². The molecule has 5 heteroatoms. The van der Waals surface area contributed by atoms with Gasteiger partial charge < -0.3 is 20.3 Å². The van der Waals surface area contributed by atoms with Crippen LogP contribution in [0.3, 0.4) is 0 Å². The van der Waals surface area contributed by atoms with Crippen LogP contribution < -0.4 is 5.73 Å². The van der Waals surface area contributed by atoms with Gasteiger partial charge in [-0.15, -0.1) is 0 Å². The highest BCUT2D eigenvalue weighted by molar-refractivity contribution is 5.73. The molecule has 2 rings (SSSR count). The standard InChI is InChI=1S/C14H19NO4/c1-14(2)18-8-12(19-14)10-5-3-9(4-6-10)7-11(15)13(16)17/h3-6,11-12H,7-8,15H2,1-2H3,(H,16,17). The first-order chi connectivity index (χ1) is 8.87. The van der Waals surface area contributed by atoms with Crippen molar-refractivity contribution in [2.45, 2.75) is 38.2 Å². The number of carbonyl (C=O) groups is 1. The molecule has 0 amide bonds. The van der Waals surface area contributed by atoms with Crippen molar-refractivity contribution < 1.29 is 19.4 Å². The molecule has 19 heavy (non-hydrogen) atoms. The van der Waals surface area contributed by atoms with E-state index in [4.69, 9.17) is 20.3 Å². The van der Waals surface area contributed by atoms with Crippen LogP contribution in [-0.4, -0.2) is 29.5 Å². The molecule has 1 aromatic rings. The van der Waals surface area contributed by atoms with Crippen LogP contribution in [0.2, 0.25) is 0 Å². The van der Waals surface area contributed by atoms with Crippen LogP contribution in [0.15, 0.2) is 24.3 Å². The first-order valence-electron chi connectivity index (χ1n) is 6.26. The molecule has 0 radical (unpaired) electrons. The molecule has 1 heterocycles. The Balaban J connectivity index is 2.01. The minimum absolute atomic E-state index is 0.0720. The molecule has 0 aromatic heterocycles. The third-order valence-electron chi connectivity index (χ3n) is 3.13. The Morgan fingerprint density at radius 2 is 2.11 bits per heavy atom. The van der Waals surface area contributed by atoms with Crippen LogP contribution >= 0.6 is 0 Å². The first-order valence-corrected chi connectivity index (χ1v) is 6.26. The van der Waals surface area contributed by atoms with Gasteiger partial charge in [0.1, 0.15) is 12.1 Å². The van der Waals surface area contributed by atoms with E-state index < -0.39 is 17.8 Å². The maximum absolute atomic E-state index is 10.7. The SMILES string of the molecule is CC1(C)OCC(c2ccc(CC(N)C(=O)O)cc2)O1. The van der Waals surface area contributed by atoms with Crippen molar-refractivity contribution >= 4 is 5.97 Å². The summed E-state index contributed by atoms with van der Waals surface area (Å²) in [5.74, 6) is -1.53. The molecule has 1 aromatic carbocycles. The summed E-state index contributed by atoms with van der Waals surface area (Å²) in [6, 6.07) is 6.76. The van der Waals surface area contributed by atoms with E-state index in [1.54, 1.807) is 0 Å². The highest BCUT2D eigenvalue weighted by atomic mass is 16.7. The Bertz CT molecular complexity index is 455. The molecule has 0 aliphatic carbocycles. The quantitative estimate of drug-likeness (QED) is 0.861. The molecule has 1 aliphatic rings. The summed E-state index contributed by atoms with van der Waals surface area (Å²) in [5.41, 5.74) is 7.43. The third-order valence-corrected chi connectivity index (χ3v) is 3.13. The fourth-order valence-electron chi connectivity index (χ4n) is 2.06. The van der Waals surface area contributed by atoms with Crippen LogP contribution in [0.1, 0.15) is 31.1 Å². The van der Waals surface area contributed by atoms with Gasteiger partial charge in [0.25, 0.3) is 0 Å². The Hall–Kier alpha value is -1.43. The predicted molar refractivity (Wildman–Crippen MR) is 69.6 cm³/mol. The lowest BCUT2D eigenvalue weighted by molar-refractivity contribution is -0.139. The van der Waals surface area contributed by atoms with E-state index >= 15 is 0 Å². The van der Waals surface area contributed by atoms with Crippen molar-refractivity contribution in [3.05, 3.63) is 35.4 Å². The van der Waals surface area contributed by atoms with Crippen LogP contribution in [-0.2, 0) is 20.7 Å². The van der Waals surface area contributed by atoms with E-state index in [9.17, 15) is 4.79 Å². The zero-order valence-corrected chi connectivity index (χ0v) is 11.1. The van der Waals surface area contributed by atoms with Crippen molar-refractivity contribution in [3.63, 3.8) is 0 Å². The topological polar surface area (TPSA) is 81.8 Å². The summed E-state index contributed by atoms with van der Waals surface area (Å²) in [5, 5.41) is 8.77. The van der Waals surface area contributed by atoms with E-state index in [0.29, 0.717) is 13.0 Å². The molecule has 3 N–H and O–H groups in total. The summed E-state index contributed by atoms with van der Waals surface area (Å²) >= 11 is 0. The van der Waals surface area contributed by atoms with E-state index in [1.807, 2.05) is 38.1 Å². The zero-order chi connectivity index (χ0) is 14.0. The number of aliphatic carboxylic acids is 1. The summed E-state index contributed by atoms with van der Waals surface area (Å²) in [4.78, 5) is 10.7. The third kappa shape index (κ3) is 3.53. The molecule has 5 nitrogen and oxygen atoms in total. The lowest BCUT2D eigenvalue weighted by atomic mass is 10.0. The van der Waals surface area contributed by atoms with Gasteiger partial charge in [-0.05, 0) is 31.4 Å². The van der Waals surface area contributed by atoms with E-state index in [0.717, 1.165) is 11.1 Å². The minimum atomic E-state index is -0.988. The average molecular weight is 265 g/mol. The summed E-state index contributed by atoms with van der Waals surface area (Å²) in [7, 11) is 0. The van der Waals surface area contributed by atoms with Crippen LogP contribution in [0, 0.1) is 0 Å². The summed E-state index contributed by atoms with van der Waals surface area (Å²) in [6.07, 6.45) is 0.251. The fourth-order valence-corrected chi connectivity index (χ4v) is 2.06. The molecular formula is C14H19NO4. The number of rotatable bonds is 4. The van der Waals surface area contributed by atoms with Crippen molar-refractivity contribution in [2.75, 3.05) is 6.61 Å². The molecular weight excluding hydrogens is 246 g/mol. The van der Waals surface area contributed by atoms with Crippen molar-refractivity contribution in [1.29, 1.82) is 0 Å². The number of carboxylic acid groups (broad SMARTS) is 1. The van der Waals surface area contributed by atoms with Gasteiger partial charge in [-0.2, -0.15) is 0 Å². The number of carboxylic acids is 1. The maximum atomic E-state index is 10.7. The molecule has 0 saturated carbocycles. The second kappa shape index (κ2) is 5.28. The number of hydrogen-bond acceptors (Lipinski definition) is 4. The van der Waals surface area contributed by atoms with Crippen LogP contribution in [0.4, 0.5) is 0 Å². The van der Waals surface area contributed by atoms with Crippen molar-refractivity contribution in [1.82, 2.24) is 0 Å². The lowest BCUT2D eigenvalue weighted by Gasteiger charge is -2.17. The Labute approximate surface area is 112 Å². The highest BCUT2D eigenvalue weighted by Gasteiger charge is 2.33. The van der Waals surface area contributed by atoms with E-state index in [1.165, 1.54) is 0 Å². The van der Waals surface area contributed by atoms with Crippen LogP contribution in [0.5, 0.6) is 0 Å². The molecule has 2 atom stereocenters. The second-order valence-electron chi connectivity index (χ2n) is 5.21. The molecule has 1 saturated heterocycles. The Morgan fingerprint density at radius 3 is 2.58 bits per heavy atom. The molecule has 2 unspecified atom stereocenters. The predicted octanol–water partition coefficient (Wildman–Crippen LogP) is 1.46. The lowest BCUT2D eigenvalue weighted by Crippen LogP contribution is -2.32. The smallest absolute Gasteiger partial charge is 0.320 e. The van der Waals surface area contributed by atoms with Gasteiger partial charge in [0.15, 0.2) is 5.79 Å². The first kappa shape index (κ1) is 14.0. The van der Waals surface area contributed by atoms with Gasteiger partial charge in [-0.3, -0.25) is 4.79 Å². The number of ether oxygens (including phenoxy) is 2. The van der Waals surface area contributed by atoms with Gasteiger partial charge in [0, 0.05) is 0 Å². The van der Waals surface area contributed by atoms with E-state index in [-0.39, 0.29) is 6.10 Å². The maximum Gasteiger partial charge on any atom is 0.320 e. The number of nitrogens with two attached hydrogens (primary N) is 1. The normalized spacial score (nSPS) is 23.2. The summed E-state index contributed by atoms with van der Waals surface area (Å²) < 4.78 is 11.3. The van der Waals surface area contributed by atoms with Gasteiger partial charge >= 0.3 is 5.97 Å². The largest absolute Gasteiger partial charge is 0.480 e. The second-order valence-corrected chi connectivity index (χ2v) is 5.21. The number of benzene rings is 1. The highest BCUT2D eigenvalue weighted by Crippen LogP contribution is 2.32. The molecule has 1 fully saturated rings.